The normalized spacial score (nSPS) is 15.5. The van der Waals surface area contributed by atoms with E-state index in [1.54, 1.807) is 11.8 Å². The second-order valence-corrected chi connectivity index (χ2v) is 5.97. The van der Waals surface area contributed by atoms with Crippen molar-refractivity contribution < 1.29 is 19.1 Å². The maximum absolute atomic E-state index is 13.6. The van der Waals surface area contributed by atoms with Gasteiger partial charge in [-0.05, 0) is 37.3 Å². The van der Waals surface area contributed by atoms with Crippen LogP contribution < -0.4 is 10.6 Å². The summed E-state index contributed by atoms with van der Waals surface area (Å²) in [6.45, 7) is 0.537. The van der Waals surface area contributed by atoms with Gasteiger partial charge in [-0.2, -0.15) is 11.8 Å². The van der Waals surface area contributed by atoms with Crippen LogP contribution in [-0.2, 0) is 0 Å². The molecule has 0 bridgehead atoms. The number of hydrogen-bond acceptors (Lipinski definition) is 3. The number of thioether (sulfide) groups is 1. The quantitative estimate of drug-likeness (QED) is 0.780. The maximum atomic E-state index is 13.6. The van der Waals surface area contributed by atoms with Crippen LogP contribution in [0.1, 0.15) is 23.2 Å². The highest BCUT2D eigenvalue weighted by atomic mass is 32.2. The lowest BCUT2D eigenvalue weighted by atomic mass is 10.2. The van der Waals surface area contributed by atoms with E-state index in [2.05, 4.69) is 10.6 Å². The first-order chi connectivity index (χ1) is 9.46. The minimum atomic E-state index is -1.21. The third kappa shape index (κ3) is 3.41. The zero-order chi connectivity index (χ0) is 14.8. The van der Waals surface area contributed by atoms with E-state index in [0.29, 0.717) is 6.54 Å². The molecule has 2 rings (SSSR count). The van der Waals surface area contributed by atoms with Gasteiger partial charge in [-0.3, -0.25) is 0 Å². The Hall–Kier alpha value is -1.76. The monoisotopic (exact) mass is 298 g/mol. The van der Waals surface area contributed by atoms with Crippen LogP contribution in [0.3, 0.4) is 0 Å². The molecule has 0 aromatic heterocycles. The van der Waals surface area contributed by atoms with Crippen molar-refractivity contribution in [2.24, 2.45) is 0 Å². The zero-order valence-corrected chi connectivity index (χ0v) is 11.7. The molecule has 0 radical (unpaired) electrons. The molecule has 1 aliphatic carbocycles. The Kier molecular flexibility index (Phi) is 4.17. The minimum Gasteiger partial charge on any atom is -0.478 e. The molecular formula is C13H15FN2O3S. The second-order valence-electron chi connectivity index (χ2n) is 4.69. The number of carboxylic acid groups (broad SMARTS) is 1. The number of anilines is 1. The lowest BCUT2D eigenvalue weighted by Crippen LogP contribution is -2.35. The van der Waals surface area contributed by atoms with Crippen molar-refractivity contribution in [3.63, 3.8) is 0 Å². The average molecular weight is 298 g/mol. The number of aromatic carboxylic acids is 1. The van der Waals surface area contributed by atoms with E-state index in [0.717, 1.165) is 18.9 Å². The Morgan fingerprint density at radius 2 is 2.15 bits per heavy atom. The Morgan fingerprint density at radius 1 is 1.45 bits per heavy atom. The van der Waals surface area contributed by atoms with Gasteiger partial charge >= 0.3 is 12.0 Å². The molecular weight excluding hydrogens is 283 g/mol. The first kappa shape index (κ1) is 14.6. The molecule has 3 N–H and O–H groups in total. The summed E-state index contributed by atoms with van der Waals surface area (Å²) < 4.78 is 13.7. The highest BCUT2D eigenvalue weighted by Gasteiger charge is 2.41. The largest absolute Gasteiger partial charge is 0.478 e. The lowest BCUT2D eigenvalue weighted by molar-refractivity contribution is 0.0696. The average Bonchev–Trinajstić information content (AvgIpc) is 3.19. The molecule has 0 heterocycles. The van der Waals surface area contributed by atoms with Crippen molar-refractivity contribution in [3.05, 3.63) is 29.6 Å². The molecule has 7 heteroatoms. The maximum Gasteiger partial charge on any atom is 0.335 e. The summed E-state index contributed by atoms with van der Waals surface area (Å²) in [5.41, 5.74) is -0.200. The number of carbonyl (C=O) groups is 2. The van der Waals surface area contributed by atoms with Crippen molar-refractivity contribution in [3.8, 4) is 0 Å². The number of halogens is 1. The van der Waals surface area contributed by atoms with Crippen LogP contribution in [-0.4, -0.2) is 34.7 Å². The molecule has 0 aliphatic heterocycles. The molecule has 20 heavy (non-hydrogen) atoms. The van der Waals surface area contributed by atoms with Gasteiger partial charge in [-0.1, -0.05) is 0 Å². The molecule has 1 aromatic rings. The Balaban J connectivity index is 1.92. The molecule has 0 saturated heterocycles. The van der Waals surface area contributed by atoms with Crippen LogP contribution in [0.4, 0.5) is 14.9 Å². The number of rotatable bonds is 5. The molecule has 0 spiro atoms. The molecule has 1 fully saturated rings. The van der Waals surface area contributed by atoms with Crippen LogP contribution in [0.15, 0.2) is 18.2 Å². The number of benzene rings is 1. The minimum absolute atomic E-state index is 0.0403. The van der Waals surface area contributed by atoms with Gasteiger partial charge in [-0.15, -0.1) is 0 Å². The van der Waals surface area contributed by atoms with E-state index >= 15 is 0 Å². The van der Waals surface area contributed by atoms with Gasteiger partial charge < -0.3 is 15.7 Å². The molecule has 2 amide bonds. The van der Waals surface area contributed by atoms with Crippen LogP contribution in [0.2, 0.25) is 0 Å². The predicted molar refractivity (Wildman–Crippen MR) is 75.9 cm³/mol. The fourth-order valence-electron chi connectivity index (χ4n) is 1.75. The molecule has 5 nitrogen and oxygen atoms in total. The molecule has 1 saturated carbocycles. The molecule has 1 aliphatic rings. The van der Waals surface area contributed by atoms with Crippen LogP contribution in [0.25, 0.3) is 0 Å². The SMILES string of the molecule is CSC1(CNC(=O)Nc2ccc(C(=O)O)cc2F)CC1. The standard InChI is InChI=1S/C13H15FN2O3S/c1-20-13(4-5-13)7-15-12(19)16-10-3-2-8(11(17)18)6-9(10)14/h2-3,6H,4-5,7H2,1H3,(H,17,18)(H2,15,16,19). The fraction of sp³-hybridized carbons (Fsp3) is 0.385. The summed E-state index contributed by atoms with van der Waals surface area (Å²) in [6.07, 6.45) is 4.13. The van der Waals surface area contributed by atoms with E-state index in [4.69, 9.17) is 5.11 Å². The third-order valence-corrected chi connectivity index (χ3v) is 4.69. The van der Waals surface area contributed by atoms with Crippen LogP contribution in [0, 0.1) is 5.82 Å². The van der Waals surface area contributed by atoms with Gasteiger partial charge in [0.05, 0.1) is 11.3 Å². The van der Waals surface area contributed by atoms with Gasteiger partial charge in [0.15, 0.2) is 0 Å². The van der Waals surface area contributed by atoms with Gasteiger partial charge in [0, 0.05) is 11.3 Å². The first-order valence-corrected chi connectivity index (χ1v) is 7.31. The number of nitrogens with one attached hydrogen (secondary N) is 2. The third-order valence-electron chi connectivity index (χ3n) is 3.28. The van der Waals surface area contributed by atoms with E-state index in [9.17, 15) is 14.0 Å². The lowest BCUT2D eigenvalue weighted by Gasteiger charge is -2.14. The zero-order valence-electron chi connectivity index (χ0n) is 10.9. The number of urea groups is 1. The molecule has 1 aromatic carbocycles. The topological polar surface area (TPSA) is 78.4 Å². The van der Waals surface area contributed by atoms with Gasteiger partial charge in [0.2, 0.25) is 0 Å². The van der Waals surface area contributed by atoms with Crippen LogP contribution in [0.5, 0.6) is 0 Å². The Bertz CT molecular complexity index is 546. The summed E-state index contributed by atoms with van der Waals surface area (Å²) >= 11 is 1.71. The van der Waals surface area contributed by atoms with Crippen LogP contribution >= 0.6 is 11.8 Å². The molecule has 0 unspecified atom stereocenters. The highest BCUT2D eigenvalue weighted by molar-refractivity contribution is 8.00. The predicted octanol–water partition coefficient (Wildman–Crippen LogP) is 2.54. The van der Waals surface area contributed by atoms with Gasteiger partial charge in [0.25, 0.3) is 0 Å². The smallest absolute Gasteiger partial charge is 0.335 e. The Morgan fingerprint density at radius 3 is 2.65 bits per heavy atom. The number of hydrogen-bond donors (Lipinski definition) is 3. The fourth-order valence-corrected chi connectivity index (χ4v) is 2.48. The van der Waals surface area contributed by atoms with Crippen molar-refractivity contribution in [1.82, 2.24) is 5.32 Å². The van der Waals surface area contributed by atoms with Crippen molar-refractivity contribution in [1.29, 1.82) is 0 Å². The molecule has 108 valence electrons. The number of carbonyl (C=O) groups excluding carboxylic acids is 1. The van der Waals surface area contributed by atoms with Crippen molar-refractivity contribution in [2.45, 2.75) is 17.6 Å². The highest BCUT2D eigenvalue weighted by Crippen LogP contribution is 2.46. The number of amides is 2. The van der Waals surface area contributed by atoms with E-state index in [-0.39, 0.29) is 16.0 Å². The van der Waals surface area contributed by atoms with E-state index in [1.165, 1.54) is 12.1 Å². The number of carboxylic acids is 1. The first-order valence-electron chi connectivity index (χ1n) is 6.09. The van der Waals surface area contributed by atoms with Crippen molar-refractivity contribution >= 4 is 29.4 Å². The summed E-state index contributed by atoms with van der Waals surface area (Å²) in [7, 11) is 0. The summed E-state index contributed by atoms with van der Waals surface area (Å²) in [5.74, 6) is -1.98. The summed E-state index contributed by atoms with van der Waals surface area (Å²) in [4.78, 5) is 22.3. The van der Waals surface area contributed by atoms with Gasteiger partial charge in [0.1, 0.15) is 5.82 Å². The Labute approximate surface area is 119 Å². The summed E-state index contributed by atoms with van der Waals surface area (Å²) in [5, 5.41) is 13.8. The van der Waals surface area contributed by atoms with E-state index in [1.807, 2.05) is 6.26 Å². The summed E-state index contributed by atoms with van der Waals surface area (Å²) in [6, 6.07) is 2.86. The second kappa shape index (κ2) is 5.70. The molecule has 0 atom stereocenters. The van der Waals surface area contributed by atoms with Crippen molar-refractivity contribution in [2.75, 3.05) is 18.1 Å². The van der Waals surface area contributed by atoms with E-state index < -0.39 is 17.8 Å². The van der Waals surface area contributed by atoms with Gasteiger partial charge in [-0.25, -0.2) is 14.0 Å².